The van der Waals surface area contributed by atoms with Crippen LogP contribution in [0.3, 0.4) is 0 Å². The van der Waals surface area contributed by atoms with E-state index in [9.17, 15) is 13.2 Å². The summed E-state index contributed by atoms with van der Waals surface area (Å²) in [5.74, 6) is -0.473. The van der Waals surface area contributed by atoms with E-state index in [1.165, 1.54) is 18.6 Å². The van der Waals surface area contributed by atoms with Crippen LogP contribution in [0.1, 0.15) is 12.5 Å². The zero-order chi connectivity index (χ0) is 17.0. The van der Waals surface area contributed by atoms with E-state index in [1.807, 2.05) is 6.07 Å². The highest BCUT2D eigenvalue weighted by atomic mass is 32.2. The molecule has 1 aliphatic heterocycles. The zero-order valence-corrected chi connectivity index (χ0v) is 14.6. The van der Waals surface area contributed by atoms with Gasteiger partial charge < -0.3 is 9.80 Å². The topological polar surface area (TPSA) is 57.7 Å². The number of piperazine rings is 1. The second kappa shape index (κ2) is 7.17. The van der Waals surface area contributed by atoms with Crippen molar-refractivity contribution in [1.29, 1.82) is 0 Å². The van der Waals surface area contributed by atoms with Gasteiger partial charge in [0, 0.05) is 31.9 Å². The summed E-state index contributed by atoms with van der Waals surface area (Å²) in [6.45, 7) is 9.47. The third-order valence-electron chi connectivity index (χ3n) is 4.19. The predicted molar refractivity (Wildman–Crippen MR) is 93.4 cm³/mol. The number of rotatable bonds is 5. The molecule has 1 saturated heterocycles. The van der Waals surface area contributed by atoms with Gasteiger partial charge >= 0.3 is 0 Å². The van der Waals surface area contributed by atoms with Gasteiger partial charge in [0.25, 0.3) is 0 Å². The smallest absolute Gasteiger partial charge is 0.240 e. The normalized spacial score (nSPS) is 17.0. The van der Waals surface area contributed by atoms with Crippen LogP contribution in [0.25, 0.3) is 0 Å². The lowest BCUT2D eigenvalue weighted by Gasteiger charge is -2.37. The van der Waals surface area contributed by atoms with Crippen LogP contribution in [0.2, 0.25) is 0 Å². The molecule has 23 heavy (non-hydrogen) atoms. The highest BCUT2D eigenvalue weighted by molar-refractivity contribution is 7.92. The molecule has 0 spiro atoms. The van der Waals surface area contributed by atoms with Crippen molar-refractivity contribution in [2.24, 2.45) is 0 Å². The molecule has 0 N–H and O–H groups in total. The van der Waals surface area contributed by atoms with E-state index >= 15 is 0 Å². The van der Waals surface area contributed by atoms with Gasteiger partial charge in [0.15, 0.2) is 9.84 Å². The minimum atomic E-state index is -3.45. The number of carbonyl (C=O) groups excluding carboxylic acids is 1. The maximum absolute atomic E-state index is 12.4. The summed E-state index contributed by atoms with van der Waals surface area (Å²) in [4.78, 5) is 16.3. The van der Waals surface area contributed by atoms with Gasteiger partial charge in [-0.1, -0.05) is 18.2 Å². The Balaban J connectivity index is 1.99. The Kier molecular flexibility index (Phi) is 5.46. The van der Waals surface area contributed by atoms with Crippen LogP contribution >= 0.6 is 0 Å². The van der Waals surface area contributed by atoms with Crippen LogP contribution < -0.4 is 4.90 Å². The molecular weight excluding hydrogens is 312 g/mol. The van der Waals surface area contributed by atoms with Crippen LogP contribution in [-0.2, 0) is 14.6 Å². The molecule has 1 aromatic rings. The molecule has 1 aromatic carbocycles. The van der Waals surface area contributed by atoms with Crippen molar-refractivity contribution in [3.63, 3.8) is 0 Å². The van der Waals surface area contributed by atoms with Gasteiger partial charge in [-0.05, 0) is 31.5 Å². The molecule has 0 radical (unpaired) electrons. The number of amides is 1. The third kappa shape index (κ3) is 4.13. The molecule has 1 atom stereocenters. The molecule has 5 nitrogen and oxygen atoms in total. The lowest BCUT2D eigenvalue weighted by Crippen LogP contribution is -2.52. The largest absolute Gasteiger partial charge is 0.368 e. The molecule has 1 aliphatic rings. The van der Waals surface area contributed by atoms with Gasteiger partial charge in [-0.2, -0.15) is 0 Å². The number of hydrogen-bond donors (Lipinski definition) is 0. The maximum atomic E-state index is 12.4. The van der Waals surface area contributed by atoms with E-state index in [2.05, 4.69) is 36.6 Å². The number of hydrogen-bond acceptors (Lipinski definition) is 4. The van der Waals surface area contributed by atoms with Crippen LogP contribution in [0.4, 0.5) is 5.69 Å². The zero-order valence-electron chi connectivity index (χ0n) is 13.7. The van der Waals surface area contributed by atoms with Crippen molar-refractivity contribution in [2.75, 3.05) is 36.8 Å². The molecule has 1 amide bonds. The third-order valence-corrected chi connectivity index (χ3v) is 6.17. The molecule has 0 aliphatic carbocycles. The highest BCUT2D eigenvalue weighted by Crippen LogP contribution is 2.18. The van der Waals surface area contributed by atoms with Crippen molar-refractivity contribution >= 4 is 21.4 Å². The number of nitrogens with zero attached hydrogens (tertiary/aromatic N) is 2. The van der Waals surface area contributed by atoms with E-state index in [0.29, 0.717) is 26.2 Å². The summed E-state index contributed by atoms with van der Waals surface area (Å²) in [7, 11) is -3.45. The van der Waals surface area contributed by atoms with Crippen molar-refractivity contribution in [3.8, 4) is 0 Å². The van der Waals surface area contributed by atoms with E-state index in [4.69, 9.17) is 0 Å². The molecule has 0 saturated carbocycles. The van der Waals surface area contributed by atoms with Gasteiger partial charge in [-0.3, -0.25) is 4.79 Å². The number of anilines is 1. The number of carbonyl (C=O) groups is 1. The van der Waals surface area contributed by atoms with E-state index < -0.39 is 15.1 Å². The molecular formula is C17H24N2O3S. The summed E-state index contributed by atoms with van der Waals surface area (Å²) in [5.41, 5.74) is 2.34. The predicted octanol–water partition coefficient (Wildman–Crippen LogP) is 1.63. The van der Waals surface area contributed by atoms with Crippen LogP contribution in [0, 0.1) is 6.92 Å². The molecule has 0 bridgehead atoms. The minimum absolute atomic E-state index is 0.164. The first-order valence-electron chi connectivity index (χ1n) is 7.78. The quantitative estimate of drug-likeness (QED) is 0.767. The van der Waals surface area contributed by atoms with Gasteiger partial charge in [0.05, 0.1) is 5.75 Å². The van der Waals surface area contributed by atoms with E-state index in [1.54, 1.807) is 4.90 Å². The fourth-order valence-electron chi connectivity index (χ4n) is 2.73. The van der Waals surface area contributed by atoms with E-state index in [-0.39, 0.29) is 11.7 Å². The average molecular weight is 336 g/mol. The fraction of sp³-hybridized carbons (Fsp3) is 0.471. The summed E-state index contributed by atoms with van der Waals surface area (Å²) in [6, 6.07) is 8.25. The first kappa shape index (κ1) is 17.5. The van der Waals surface area contributed by atoms with Crippen molar-refractivity contribution < 1.29 is 13.2 Å². The van der Waals surface area contributed by atoms with Gasteiger partial charge in [0.2, 0.25) is 5.91 Å². The Labute approximate surface area is 138 Å². The van der Waals surface area contributed by atoms with Gasteiger partial charge in [0.1, 0.15) is 5.25 Å². The maximum Gasteiger partial charge on any atom is 0.240 e. The monoisotopic (exact) mass is 336 g/mol. The molecule has 126 valence electrons. The summed E-state index contributed by atoms with van der Waals surface area (Å²) in [5, 5.41) is -1.01. The molecule has 1 unspecified atom stereocenters. The second-order valence-electron chi connectivity index (χ2n) is 5.91. The van der Waals surface area contributed by atoms with E-state index in [0.717, 1.165) is 5.69 Å². The second-order valence-corrected chi connectivity index (χ2v) is 8.28. The summed E-state index contributed by atoms with van der Waals surface area (Å²) < 4.78 is 24.0. The van der Waals surface area contributed by atoms with Gasteiger partial charge in [-0.15, -0.1) is 6.58 Å². The molecule has 0 aromatic heterocycles. The van der Waals surface area contributed by atoms with Gasteiger partial charge in [-0.25, -0.2) is 8.42 Å². The average Bonchev–Trinajstić information content (AvgIpc) is 2.53. The van der Waals surface area contributed by atoms with Crippen molar-refractivity contribution in [2.45, 2.75) is 19.1 Å². The molecule has 1 heterocycles. The first-order chi connectivity index (χ1) is 10.8. The minimum Gasteiger partial charge on any atom is -0.368 e. The lowest BCUT2D eigenvalue weighted by atomic mass is 10.2. The van der Waals surface area contributed by atoms with Crippen molar-refractivity contribution in [1.82, 2.24) is 4.90 Å². The Hall–Kier alpha value is -1.82. The highest BCUT2D eigenvalue weighted by Gasteiger charge is 2.32. The summed E-state index contributed by atoms with van der Waals surface area (Å²) >= 11 is 0. The van der Waals surface area contributed by atoms with Crippen LogP contribution in [-0.4, -0.2) is 56.4 Å². The van der Waals surface area contributed by atoms with Crippen molar-refractivity contribution in [3.05, 3.63) is 42.5 Å². The Morgan fingerprint density at radius 3 is 2.52 bits per heavy atom. The first-order valence-corrected chi connectivity index (χ1v) is 9.49. The van der Waals surface area contributed by atoms with Crippen LogP contribution in [0.15, 0.2) is 36.9 Å². The molecule has 6 heteroatoms. The number of aryl methyl sites for hydroxylation is 1. The molecule has 2 rings (SSSR count). The Morgan fingerprint density at radius 1 is 1.30 bits per heavy atom. The fourth-order valence-corrected chi connectivity index (χ4v) is 3.80. The Bertz CT molecular complexity index is 677. The number of benzene rings is 1. The molecule has 1 fully saturated rings. The standard InChI is InChI=1S/C17H24N2O3S/c1-4-12-23(21,22)15(3)17(20)19-10-8-18(9-11-19)16-7-5-6-14(2)13-16/h4-7,13,15H,1,8-12H2,2-3H3. The SMILES string of the molecule is C=CCS(=O)(=O)C(C)C(=O)N1CCN(c2cccc(C)c2)CC1. The Morgan fingerprint density at radius 2 is 1.96 bits per heavy atom. The number of sulfone groups is 1. The lowest BCUT2D eigenvalue weighted by molar-refractivity contribution is -0.130. The summed E-state index contributed by atoms with van der Waals surface area (Å²) in [6.07, 6.45) is 1.33. The van der Waals surface area contributed by atoms with Crippen LogP contribution in [0.5, 0.6) is 0 Å².